The molecule has 1 rings (SSSR count). The SMILES string of the molecule is N=[N+](N)C(=O)Cc1cc(Cl)cnc1[N+](=O)[O-]. The van der Waals surface area contributed by atoms with Crippen molar-refractivity contribution in [2.75, 3.05) is 0 Å². The van der Waals surface area contributed by atoms with Crippen molar-refractivity contribution in [3.8, 4) is 0 Å². The lowest BCUT2D eigenvalue weighted by Crippen LogP contribution is -2.26. The van der Waals surface area contributed by atoms with E-state index < -0.39 is 23.1 Å². The fraction of sp³-hybridized carbons (Fsp3) is 0.143. The molecule has 0 aromatic carbocycles. The van der Waals surface area contributed by atoms with E-state index in [1.807, 2.05) is 0 Å². The van der Waals surface area contributed by atoms with E-state index in [2.05, 4.69) is 4.98 Å². The number of rotatable bonds is 3. The zero-order valence-corrected chi connectivity index (χ0v) is 8.64. The average Bonchev–Trinajstić information content (AvgIpc) is 2.16. The van der Waals surface area contributed by atoms with Gasteiger partial charge in [0, 0.05) is 0 Å². The molecule has 9 heteroatoms. The summed E-state index contributed by atoms with van der Waals surface area (Å²) in [4.78, 5) is 24.6. The van der Waals surface area contributed by atoms with Gasteiger partial charge in [0.05, 0.1) is 15.4 Å². The number of nitrogens with one attached hydrogen (secondary N) is 1. The molecular formula is C7H7ClN5O3+. The zero-order valence-electron chi connectivity index (χ0n) is 7.88. The van der Waals surface area contributed by atoms with Crippen molar-refractivity contribution >= 4 is 23.3 Å². The van der Waals surface area contributed by atoms with Crippen LogP contribution in [-0.2, 0) is 11.2 Å². The Morgan fingerprint density at radius 3 is 2.81 bits per heavy atom. The molecule has 0 atom stereocenters. The molecule has 0 aliphatic heterocycles. The summed E-state index contributed by atoms with van der Waals surface area (Å²) in [5, 5.41) is 10.7. The third-order valence-corrected chi connectivity index (χ3v) is 1.90. The molecule has 0 saturated heterocycles. The van der Waals surface area contributed by atoms with Gasteiger partial charge in [0.2, 0.25) is 0 Å². The molecule has 1 aromatic rings. The number of nitrogens with zero attached hydrogens (tertiary/aromatic N) is 3. The van der Waals surface area contributed by atoms with Crippen LogP contribution in [0.2, 0.25) is 5.02 Å². The average molecular weight is 245 g/mol. The summed E-state index contributed by atoms with van der Waals surface area (Å²) in [5.74, 6) is 3.60. The highest BCUT2D eigenvalue weighted by Crippen LogP contribution is 2.19. The summed E-state index contributed by atoms with van der Waals surface area (Å²) in [7, 11) is 0. The van der Waals surface area contributed by atoms with Crippen LogP contribution in [0.1, 0.15) is 5.56 Å². The molecule has 84 valence electrons. The topological polar surface area (TPSA) is 126 Å². The van der Waals surface area contributed by atoms with E-state index in [-0.39, 0.29) is 15.4 Å². The second kappa shape index (κ2) is 4.62. The predicted octanol–water partition coefficient (Wildman–Crippen LogP) is 0.629. The van der Waals surface area contributed by atoms with Gasteiger partial charge in [0.25, 0.3) is 0 Å². The van der Waals surface area contributed by atoms with Crippen molar-refractivity contribution in [2.45, 2.75) is 6.42 Å². The van der Waals surface area contributed by atoms with Crippen LogP contribution in [0, 0.1) is 15.6 Å². The smallest absolute Gasteiger partial charge is 0.358 e. The number of nitrogens with two attached hydrogens (primary N) is 1. The second-order valence-electron chi connectivity index (χ2n) is 2.83. The Bertz CT molecular complexity index is 475. The maximum absolute atomic E-state index is 11.1. The first-order valence-corrected chi connectivity index (χ1v) is 4.37. The Labute approximate surface area is 94.3 Å². The number of carbonyl (C=O) groups is 1. The van der Waals surface area contributed by atoms with Crippen molar-refractivity contribution in [1.29, 1.82) is 5.53 Å². The number of hydrogen-bond acceptors (Lipinski definition) is 5. The molecular weight excluding hydrogens is 238 g/mol. The first-order valence-electron chi connectivity index (χ1n) is 3.99. The van der Waals surface area contributed by atoms with Gasteiger partial charge in [-0.15, -0.1) is 0 Å². The van der Waals surface area contributed by atoms with Crippen LogP contribution in [0.5, 0.6) is 0 Å². The molecule has 3 N–H and O–H groups in total. The highest BCUT2D eigenvalue weighted by atomic mass is 35.5. The Balaban J connectivity index is 3.10. The van der Waals surface area contributed by atoms with Gasteiger partial charge >= 0.3 is 11.7 Å². The molecule has 0 fully saturated rings. The monoisotopic (exact) mass is 244 g/mol. The minimum absolute atomic E-state index is 0.0187. The molecule has 0 aliphatic rings. The number of aromatic nitrogens is 1. The number of halogens is 1. The number of hydrazine groups is 1. The summed E-state index contributed by atoms with van der Waals surface area (Å²) in [6.45, 7) is 0. The van der Waals surface area contributed by atoms with Gasteiger partial charge in [-0.3, -0.25) is 0 Å². The molecule has 0 bridgehead atoms. The van der Waals surface area contributed by atoms with Crippen LogP contribution in [0.4, 0.5) is 5.82 Å². The van der Waals surface area contributed by atoms with E-state index in [1.165, 1.54) is 6.07 Å². The number of pyridine rings is 1. The minimum Gasteiger partial charge on any atom is -0.358 e. The van der Waals surface area contributed by atoms with E-state index >= 15 is 0 Å². The fourth-order valence-electron chi connectivity index (χ4n) is 1.02. The standard InChI is InChI=1S/C7H7ClN5O3/c8-5-1-4(2-6(14)12(9)10)7(11-3-5)13(15)16/h1,3H,2H2,(H3,9,10)/q+1. The molecule has 0 aliphatic carbocycles. The van der Waals surface area contributed by atoms with E-state index in [1.54, 1.807) is 0 Å². The summed E-state index contributed by atoms with van der Waals surface area (Å²) in [6.07, 6.45) is 0.707. The van der Waals surface area contributed by atoms with Crippen LogP contribution in [0.3, 0.4) is 0 Å². The van der Waals surface area contributed by atoms with Gasteiger partial charge in [-0.05, 0) is 21.5 Å². The van der Waals surface area contributed by atoms with Gasteiger partial charge in [-0.2, -0.15) is 5.84 Å². The van der Waals surface area contributed by atoms with E-state index in [9.17, 15) is 14.9 Å². The van der Waals surface area contributed by atoms with Gasteiger partial charge < -0.3 is 10.1 Å². The minimum atomic E-state index is -0.799. The van der Waals surface area contributed by atoms with Gasteiger partial charge in [-0.25, -0.2) is 4.79 Å². The van der Waals surface area contributed by atoms with Gasteiger partial charge in [0.15, 0.2) is 6.20 Å². The Hall–Kier alpha value is -2.09. The third kappa shape index (κ3) is 2.70. The largest absolute Gasteiger partial charge is 0.444 e. The quantitative estimate of drug-likeness (QED) is 0.201. The third-order valence-electron chi connectivity index (χ3n) is 1.69. The lowest BCUT2D eigenvalue weighted by atomic mass is 10.2. The normalized spacial score (nSPS) is 9.81. The highest BCUT2D eigenvalue weighted by Gasteiger charge is 2.24. The fourth-order valence-corrected chi connectivity index (χ4v) is 1.20. The van der Waals surface area contributed by atoms with Crippen molar-refractivity contribution < 1.29 is 14.5 Å². The van der Waals surface area contributed by atoms with E-state index in [0.29, 0.717) is 0 Å². The van der Waals surface area contributed by atoms with Crippen LogP contribution < -0.4 is 5.84 Å². The number of carbonyl (C=O) groups excluding carboxylic acids is 1. The second-order valence-corrected chi connectivity index (χ2v) is 3.27. The molecule has 1 amide bonds. The Morgan fingerprint density at radius 2 is 2.31 bits per heavy atom. The molecule has 1 heterocycles. The molecule has 0 radical (unpaired) electrons. The van der Waals surface area contributed by atoms with E-state index in [0.717, 1.165) is 6.20 Å². The maximum atomic E-state index is 11.1. The van der Waals surface area contributed by atoms with Crippen LogP contribution >= 0.6 is 11.6 Å². The van der Waals surface area contributed by atoms with Gasteiger partial charge in [-0.1, -0.05) is 11.6 Å². The van der Waals surface area contributed by atoms with Crippen LogP contribution in [-0.4, -0.2) is 20.6 Å². The summed E-state index contributed by atoms with van der Waals surface area (Å²) in [6, 6.07) is 1.24. The van der Waals surface area contributed by atoms with Crippen molar-refractivity contribution in [3.05, 3.63) is 33.0 Å². The zero-order chi connectivity index (χ0) is 12.3. The Morgan fingerprint density at radius 1 is 1.69 bits per heavy atom. The summed E-state index contributed by atoms with van der Waals surface area (Å²) in [5.41, 5.74) is 6.82. The first-order chi connectivity index (χ1) is 7.41. The summed E-state index contributed by atoms with van der Waals surface area (Å²) >= 11 is 5.60. The van der Waals surface area contributed by atoms with Crippen LogP contribution in [0.15, 0.2) is 12.3 Å². The predicted molar refractivity (Wildman–Crippen MR) is 51.8 cm³/mol. The summed E-state index contributed by atoms with van der Waals surface area (Å²) < 4.78 is 0. The highest BCUT2D eigenvalue weighted by molar-refractivity contribution is 6.30. The first kappa shape index (κ1) is 12.0. The van der Waals surface area contributed by atoms with Crippen molar-refractivity contribution in [2.24, 2.45) is 5.84 Å². The molecule has 0 spiro atoms. The molecule has 1 aromatic heterocycles. The lowest BCUT2D eigenvalue weighted by Gasteiger charge is -1.98. The Kier molecular flexibility index (Phi) is 3.46. The molecule has 0 saturated carbocycles. The number of hydrogen-bond donors (Lipinski definition) is 2. The molecule has 16 heavy (non-hydrogen) atoms. The van der Waals surface area contributed by atoms with E-state index in [4.69, 9.17) is 23.0 Å². The lowest BCUT2D eigenvalue weighted by molar-refractivity contribution is -0.546. The van der Waals surface area contributed by atoms with Crippen molar-refractivity contribution in [1.82, 2.24) is 4.98 Å². The van der Waals surface area contributed by atoms with Crippen LogP contribution in [0.25, 0.3) is 0 Å². The maximum Gasteiger partial charge on any atom is 0.444 e. The van der Waals surface area contributed by atoms with Crippen molar-refractivity contribution in [3.63, 3.8) is 0 Å². The van der Waals surface area contributed by atoms with Gasteiger partial charge in [0.1, 0.15) is 6.42 Å². The number of amides is 1. The number of nitro groups is 1. The molecule has 8 nitrogen and oxygen atoms in total. The molecule has 0 unspecified atom stereocenters.